The zero-order chi connectivity index (χ0) is 79.3. The number of aromatic amines is 2. The highest BCUT2D eigenvalue weighted by atomic mass is 32.1. The van der Waals surface area contributed by atoms with Crippen LogP contribution in [0.5, 0.6) is 23.0 Å². The van der Waals surface area contributed by atoms with Gasteiger partial charge in [0, 0.05) is 52.4 Å². The zero-order valence-corrected chi connectivity index (χ0v) is 70.2. The molecule has 0 aliphatic carbocycles. The molecule has 113 heavy (non-hydrogen) atoms. The molecule has 2 aliphatic rings. The summed E-state index contributed by atoms with van der Waals surface area (Å²) in [4.78, 5) is 34.8. The number of hydrogen-bond donors (Lipinski definition) is 3. The third kappa shape index (κ3) is 29.0. The van der Waals surface area contributed by atoms with Crippen LogP contribution >= 0.6 is 11.3 Å². The first-order chi connectivity index (χ1) is 55.6. The van der Waals surface area contributed by atoms with Gasteiger partial charge in [-0.2, -0.15) is 5.26 Å². The number of carboxylic acids is 1. The average molecular weight is 1540 g/mol. The van der Waals surface area contributed by atoms with E-state index in [0.29, 0.717) is 98.6 Å². The quantitative estimate of drug-likeness (QED) is 0.0145. The summed E-state index contributed by atoms with van der Waals surface area (Å²) < 4.78 is 28.2. The van der Waals surface area contributed by atoms with E-state index in [2.05, 4.69) is 183 Å². The second-order valence-electron chi connectivity index (χ2n) is 31.0. The van der Waals surface area contributed by atoms with Gasteiger partial charge in [-0.3, -0.25) is 0 Å². The van der Waals surface area contributed by atoms with Crippen LogP contribution in [0.25, 0.3) is 74.7 Å². The summed E-state index contributed by atoms with van der Waals surface area (Å²) in [6.07, 6.45) is 58.6. The number of unbranched alkanes of at least 4 members (excludes halogenated alkanes) is 36. The fourth-order valence-electron chi connectivity index (χ4n) is 15.0. The molecule has 13 heteroatoms. The lowest BCUT2D eigenvalue weighted by Crippen LogP contribution is -2.07. The Bertz CT molecular complexity index is 4310. The summed E-state index contributed by atoms with van der Waals surface area (Å²) in [5, 5.41) is 19.6. The van der Waals surface area contributed by atoms with E-state index < -0.39 is 5.97 Å². The lowest BCUT2D eigenvalue weighted by Gasteiger charge is -2.18. The highest BCUT2D eigenvalue weighted by molar-refractivity contribution is 7.13. The van der Waals surface area contributed by atoms with E-state index in [1.165, 1.54) is 223 Å². The van der Waals surface area contributed by atoms with Gasteiger partial charge in [-0.15, -0.1) is 11.3 Å². The largest absolute Gasteiger partial charge is 0.493 e. The van der Waals surface area contributed by atoms with Crippen molar-refractivity contribution in [2.45, 2.75) is 285 Å². The molecule has 7 aromatic rings. The molecule has 0 amide bonds. The number of rotatable bonds is 53. The van der Waals surface area contributed by atoms with Crippen LogP contribution in [0.15, 0.2) is 103 Å². The first-order valence-corrected chi connectivity index (χ1v) is 44.6. The Morgan fingerprint density at radius 2 is 0.726 bits per heavy atom. The number of carbonyl (C=O) groups is 1. The van der Waals surface area contributed by atoms with Gasteiger partial charge in [0.15, 0.2) is 0 Å². The minimum Gasteiger partial charge on any atom is -0.493 e. The Labute approximate surface area is 682 Å². The minimum absolute atomic E-state index is 0.352. The standard InChI is InChI=1S/C100H130N6O6S/c1-7-11-15-19-23-27-31-35-39-43-71-109-92-49-47-50-93(110-72-44-40-36-32-28-24-20-16-12-8-2)98(92)96-88-67-63-84(102-88)82(61-55-77-53-56-79(57-54-77)106(5)6)85-64-68-89(103-85)97(91-70-66-87(105-91)83(86-65-69-90(96)104-86)62-60-80-58-59-81(113-80)75-78(76-101)100(107)108)99-94(111-73-45-41-37-33-29-25-21-17-13-9-3)51-48-52-95(99)112-74-46-42-38-34-30-26-22-18-14-10-4/h47-54,56-59,63-70,75,102,105H,7-46,71-74H2,1-6H3,(H,107,108)/b78-75-,84-82?,85-82?,86-83?,87-83?,96-88?,96-90?,97-89?,97-91?. The van der Waals surface area contributed by atoms with Crippen molar-refractivity contribution in [2.75, 3.05) is 45.4 Å². The van der Waals surface area contributed by atoms with E-state index in [4.69, 9.17) is 28.9 Å². The number of anilines is 1. The number of aliphatic carboxylic acids is 1. The van der Waals surface area contributed by atoms with Crippen LogP contribution in [0.2, 0.25) is 0 Å². The van der Waals surface area contributed by atoms with Gasteiger partial charge >= 0.3 is 5.97 Å². The molecule has 12 nitrogen and oxygen atoms in total. The summed E-state index contributed by atoms with van der Waals surface area (Å²) in [7, 11) is 4.10. The third-order valence-corrected chi connectivity index (χ3v) is 22.5. The predicted octanol–water partition coefficient (Wildman–Crippen LogP) is 28.1. The van der Waals surface area contributed by atoms with Gasteiger partial charge in [-0.25, -0.2) is 14.8 Å². The molecule has 0 saturated heterocycles. The molecule has 2 aliphatic heterocycles. The third-order valence-electron chi connectivity index (χ3n) is 21.5. The number of nitriles is 1. The van der Waals surface area contributed by atoms with Crippen molar-refractivity contribution < 1.29 is 28.8 Å². The van der Waals surface area contributed by atoms with Gasteiger partial charge in [0.25, 0.3) is 0 Å². The predicted molar refractivity (Wildman–Crippen MR) is 477 cm³/mol. The van der Waals surface area contributed by atoms with E-state index in [1.807, 2.05) is 18.2 Å². The molecule has 4 aromatic heterocycles. The highest BCUT2D eigenvalue weighted by Crippen LogP contribution is 2.46. The van der Waals surface area contributed by atoms with E-state index in [9.17, 15) is 15.2 Å². The van der Waals surface area contributed by atoms with Crippen LogP contribution in [-0.4, -0.2) is 71.5 Å². The van der Waals surface area contributed by atoms with Gasteiger partial charge < -0.3 is 38.9 Å². The summed E-state index contributed by atoms with van der Waals surface area (Å²) in [6.45, 7) is 11.3. The van der Waals surface area contributed by atoms with Gasteiger partial charge in [-0.1, -0.05) is 295 Å². The Kier molecular flexibility index (Phi) is 39.4. The van der Waals surface area contributed by atoms with Gasteiger partial charge in [-0.05, 0) is 141 Å². The fraction of sp³-hybridized carbons (Fsp3) is 0.500. The molecule has 0 unspecified atom stereocenters. The molecule has 9 rings (SSSR count). The van der Waals surface area contributed by atoms with Crippen molar-refractivity contribution in [2.24, 2.45) is 0 Å². The van der Waals surface area contributed by atoms with Crippen LogP contribution in [0.1, 0.15) is 334 Å². The van der Waals surface area contributed by atoms with E-state index in [1.54, 1.807) is 6.07 Å². The summed E-state index contributed by atoms with van der Waals surface area (Å²) in [5.74, 6) is 15.9. The molecule has 0 saturated carbocycles. The van der Waals surface area contributed by atoms with Gasteiger partial charge in [0.1, 0.15) is 34.6 Å². The molecular weight excluding hydrogens is 1410 g/mol. The SMILES string of the molecule is CCCCCCCCCCCCOc1cccc(OCCCCCCCCCCCC)c1-c1c2nc(c(C#Cc3ccc(/C=C(/C#N)C(=O)O)s3)c3ccc([nH]3)c(-c3c(OCCCCCCCCCCCC)cccc3OCCCCCCCCCCCC)c3nc(c(C#Cc4ccc(N(C)C)cc4)c4ccc1[nH]4)C=C3)C=C2. The van der Waals surface area contributed by atoms with Gasteiger partial charge in [0.2, 0.25) is 0 Å². The van der Waals surface area contributed by atoms with Crippen molar-refractivity contribution in [1.82, 2.24) is 19.9 Å². The number of carboxylic acid groups (broad SMARTS) is 1. The van der Waals surface area contributed by atoms with Crippen molar-refractivity contribution in [3.8, 4) is 75.0 Å². The van der Waals surface area contributed by atoms with Crippen LogP contribution in [-0.2, 0) is 4.79 Å². The average Bonchev–Trinajstić information content (AvgIpc) is 1.65. The molecule has 6 heterocycles. The van der Waals surface area contributed by atoms with Crippen molar-refractivity contribution >= 4 is 75.4 Å². The van der Waals surface area contributed by atoms with E-state index in [-0.39, 0.29) is 5.57 Å². The second kappa shape index (κ2) is 50.8. The second-order valence-corrected chi connectivity index (χ2v) is 32.1. The molecule has 3 N–H and O–H groups in total. The molecule has 0 spiro atoms. The topological polar surface area (TPSA) is 159 Å². The Balaban J connectivity index is 1.24. The normalized spacial score (nSPS) is 11.7. The molecule has 0 fully saturated rings. The maximum atomic E-state index is 12.1. The van der Waals surface area contributed by atoms with Gasteiger partial charge in [0.05, 0.1) is 87.4 Å². The number of fused-ring (bicyclic) bond motifs is 8. The van der Waals surface area contributed by atoms with E-state index in [0.717, 1.165) is 101 Å². The Morgan fingerprint density at radius 3 is 1.06 bits per heavy atom. The zero-order valence-electron chi connectivity index (χ0n) is 69.4. The fourth-order valence-corrected chi connectivity index (χ4v) is 15.8. The van der Waals surface area contributed by atoms with Crippen LogP contribution in [0.4, 0.5) is 5.69 Å². The van der Waals surface area contributed by atoms with Crippen molar-refractivity contribution in [3.05, 3.63) is 152 Å². The highest BCUT2D eigenvalue weighted by Gasteiger charge is 2.25. The number of aromatic nitrogens is 4. The number of H-pyrrole nitrogens is 2. The van der Waals surface area contributed by atoms with Crippen LogP contribution < -0.4 is 23.8 Å². The lowest BCUT2D eigenvalue weighted by atomic mass is 10.0. The Hall–Kier alpha value is -9.22. The molecule has 3 aromatic carbocycles. The smallest absolute Gasteiger partial charge is 0.346 e. The Morgan fingerprint density at radius 1 is 0.398 bits per heavy atom. The maximum absolute atomic E-state index is 12.1. The number of ether oxygens (including phenoxy) is 4. The monoisotopic (exact) mass is 1540 g/mol. The first kappa shape index (κ1) is 87.7. The number of nitrogens with one attached hydrogen (secondary N) is 2. The number of hydrogen-bond acceptors (Lipinski definition) is 10. The van der Waals surface area contributed by atoms with Crippen molar-refractivity contribution in [1.29, 1.82) is 5.26 Å². The van der Waals surface area contributed by atoms with Crippen LogP contribution in [0.3, 0.4) is 0 Å². The minimum atomic E-state index is -1.28. The molecule has 0 atom stereocenters. The summed E-state index contributed by atoms with van der Waals surface area (Å²) in [6, 6.07) is 34.7. The number of benzene rings is 3. The van der Waals surface area contributed by atoms with E-state index >= 15 is 0 Å². The molecular formula is C100H130N6O6S. The number of thiophene rings is 1. The molecule has 602 valence electrons. The van der Waals surface area contributed by atoms with Crippen molar-refractivity contribution in [3.63, 3.8) is 0 Å². The summed E-state index contributed by atoms with van der Waals surface area (Å²) in [5.41, 5.74) is 11.9. The van der Waals surface area contributed by atoms with Crippen LogP contribution in [0, 0.1) is 35.0 Å². The summed E-state index contributed by atoms with van der Waals surface area (Å²) >= 11 is 1.32. The molecule has 8 bridgehead atoms. The first-order valence-electron chi connectivity index (χ1n) is 43.8. The lowest BCUT2D eigenvalue weighted by molar-refractivity contribution is -0.132. The molecule has 0 radical (unpaired) electrons. The maximum Gasteiger partial charge on any atom is 0.346 e. The number of nitrogens with zero attached hydrogens (tertiary/aromatic N) is 4.